The van der Waals surface area contributed by atoms with Gasteiger partial charge in [-0.2, -0.15) is 0 Å². The van der Waals surface area contributed by atoms with Crippen LogP contribution in [0.2, 0.25) is 0 Å². The molecule has 0 amide bonds. The van der Waals surface area contributed by atoms with E-state index in [-0.39, 0.29) is 6.04 Å². The van der Waals surface area contributed by atoms with Crippen molar-refractivity contribution < 1.29 is 9.47 Å². The number of aliphatic imine (C=N–C) groups is 1. The van der Waals surface area contributed by atoms with Crippen LogP contribution >= 0.6 is 0 Å². The van der Waals surface area contributed by atoms with E-state index >= 15 is 0 Å². The number of aromatic nitrogens is 2. The summed E-state index contributed by atoms with van der Waals surface area (Å²) < 4.78 is 13.5. The molecular formula is C26H35N5O2. The van der Waals surface area contributed by atoms with Gasteiger partial charge in [-0.15, -0.1) is 0 Å². The molecule has 1 atom stereocenters. The summed E-state index contributed by atoms with van der Waals surface area (Å²) in [4.78, 5) is 8.88. The zero-order chi connectivity index (χ0) is 23.5. The Labute approximate surface area is 196 Å². The van der Waals surface area contributed by atoms with Crippen molar-refractivity contribution in [2.45, 2.75) is 46.8 Å². The van der Waals surface area contributed by atoms with Crippen molar-refractivity contribution in [3.63, 3.8) is 0 Å². The molecule has 176 valence electrons. The summed E-state index contributed by atoms with van der Waals surface area (Å²) in [5, 5.41) is 6.84. The van der Waals surface area contributed by atoms with Gasteiger partial charge in [-0.1, -0.05) is 30.3 Å². The van der Waals surface area contributed by atoms with Crippen molar-refractivity contribution in [2.75, 3.05) is 19.8 Å². The number of imidazole rings is 1. The highest BCUT2D eigenvalue weighted by Gasteiger charge is 2.12. The normalized spacial score (nSPS) is 12.3. The zero-order valence-electron chi connectivity index (χ0n) is 20.0. The van der Waals surface area contributed by atoms with Crippen LogP contribution in [0.25, 0.3) is 0 Å². The lowest BCUT2D eigenvalue weighted by Crippen LogP contribution is -2.38. The Bertz CT molecular complexity index is 1000. The number of nitrogens with one attached hydrogen (secondary N) is 2. The van der Waals surface area contributed by atoms with Crippen LogP contribution in [0.1, 0.15) is 50.4 Å². The van der Waals surface area contributed by atoms with Crippen molar-refractivity contribution in [3.8, 4) is 11.5 Å². The van der Waals surface area contributed by atoms with Gasteiger partial charge in [0.15, 0.2) is 17.5 Å². The van der Waals surface area contributed by atoms with Gasteiger partial charge in [0.2, 0.25) is 0 Å². The van der Waals surface area contributed by atoms with Crippen LogP contribution in [0.5, 0.6) is 11.5 Å². The van der Waals surface area contributed by atoms with Gasteiger partial charge >= 0.3 is 0 Å². The van der Waals surface area contributed by atoms with Gasteiger partial charge in [0, 0.05) is 25.5 Å². The van der Waals surface area contributed by atoms with Gasteiger partial charge in [0.05, 0.1) is 32.1 Å². The second kappa shape index (κ2) is 12.5. The van der Waals surface area contributed by atoms with Crippen molar-refractivity contribution >= 4 is 5.96 Å². The molecule has 1 aromatic heterocycles. The maximum atomic E-state index is 5.78. The highest BCUT2D eigenvalue weighted by molar-refractivity contribution is 5.80. The highest BCUT2D eigenvalue weighted by atomic mass is 16.5. The van der Waals surface area contributed by atoms with Crippen LogP contribution in [-0.2, 0) is 13.1 Å². The fraction of sp³-hybridized carbons (Fsp3) is 0.385. The van der Waals surface area contributed by atoms with Gasteiger partial charge in [-0.3, -0.25) is 0 Å². The molecule has 1 heterocycles. The lowest BCUT2D eigenvalue weighted by Gasteiger charge is -2.20. The standard InChI is InChI=1S/C26H35N5O2/c1-5-28-26(29-17-21-8-10-22(11-9-21)18-31-15-14-27-19-31)30-20(4)23-12-13-24(32-6-2)25(16-23)33-7-3/h8-16,19-20H,5-7,17-18H2,1-4H3,(H2,28,29,30). The van der Waals surface area contributed by atoms with E-state index in [1.807, 2.05) is 38.5 Å². The van der Waals surface area contributed by atoms with E-state index in [1.165, 1.54) is 5.56 Å². The lowest BCUT2D eigenvalue weighted by atomic mass is 10.1. The number of nitrogens with zero attached hydrogens (tertiary/aromatic N) is 3. The molecule has 3 rings (SSSR count). The molecule has 0 saturated carbocycles. The molecule has 1 unspecified atom stereocenters. The molecule has 7 nitrogen and oxygen atoms in total. The van der Waals surface area contributed by atoms with Crippen LogP contribution in [0.4, 0.5) is 0 Å². The van der Waals surface area contributed by atoms with E-state index in [1.54, 1.807) is 6.20 Å². The second-order valence-electron chi connectivity index (χ2n) is 7.68. The third kappa shape index (κ3) is 7.27. The molecule has 3 aromatic rings. The van der Waals surface area contributed by atoms with E-state index in [2.05, 4.69) is 64.4 Å². The Hall–Kier alpha value is -3.48. The largest absolute Gasteiger partial charge is 0.490 e. The van der Waals surface area contributed by atoms with Gasteiger partial charge in [-0.25, -0.2) is 9.98 Å². The molecule has 2 N–H and O–H groups in total. The molecule has 0 saturated heterocycles. The van der Waals surface area contributed by atoms with Crippen LogP contribution in [0, 0.1) is 0 Å². The first-order valence-corrected chi connectivity index (χ1v) is 11.6. The molecule has 0 aliphatic rings. The van der Waals surface area contributed by atoms with E-state index in [4.69, 9.17) is 14.5 Å². The molecule has 0 radical (unpaired) electrons. The predicted octanol–water partition coefficient (Wildman–Crippen LogP) is 4.55. The lowest BCUT2D eigenvalue weighted by molar-refractivity contribution is 0.287. The fourth-order valence-corrected chi connectivity index (χ4v) is 3.46. The fourth-order valence-electron chi connectivity index (χ4n) is 3.46. The third-order valence-corrected chi connectivity index (χ3v) is 5.13. The molecule has 0 aliphatic carbocycles. The van der Waals surface area contributed by atoms with E-state index in [0.717, 1.165) is 41.7 Å². The third-order valence-electron chi connectivity index (χ3n) is 5.13. The average Bonchev–Trinajstić information content (AvgIpc) is 3.33. The zero-order valence-corrected chi connectivity index (χ0v) is 20.0. The van der Waals surface area contributed by atoms with Crippen molar-refractivity contribution in [1.29, 1.82) is 0 Å². The SMILES string of the molecule is CCNC(=NCc1ccc(Cn2ccnc2)cc1)NC(C)c1ccc(OCC)c(OCC)c1. The Morgan fingerprint density at radius 3 is 2.39 bits per heavy atom. The van der Waals surface area contributed by atoms with Crippen molar-refractivity contribution in [2.24, 2.45) is 4.99 Å². The van der Waals surface area contributed by atoms with Crippen LogP contribution in [0.15, 0.2) is 66.2 Å². The van der Waals surface area contributed by atoms with E-state index in [9.17, 15) is 0 Å². The Balaban J connectivity index is 1.65. The van der Waals surface area contributed by atoms with Crippen LogP contribution < -0.4 is 20.1 Å². The summed E-state index contributed by atoms with van der Waals surface area (Å²) in [5.74, 6) is 2.31. The highest BCUT2D eigenvalue weighted by Crippen LogP contribution is 2.30. The summed E-state index contributed by atoms with van der Waals surface area (Å²) in [6, 6.07) is 14.7. The number of hydrogen-bond acceptors (Lipinski definition) is 4. The molecule has 0 aliphatic heterocycles. The summed E-state index contributed by atoms with van der Waals surface area (Å²) in [7, 11) is 0. The van der Waals surface area contributed by atoms with Crippen molar-refractivity contribution in [1.82, 2.24) is 20.2 Å². The summed E-state index contributed by atoms with van der Waals surface area (Å²) in [6.45, 7) is 11.5. The molecule has 7 heteroatoms. The number of guanidine groups is 1. The Kier molecular flexibility index (Phi) is 9.18. The maximum Gasteiger partial charge on any atom is 0.192 e. The first kappa shape index (κ1) is 24.2. The molecule has 0 spiro atoms. The van der Waals surface area contributed by atoms with Crippen LogP contribution in [-0.4, -0.2) is 35.3 Å². The first-order chi connectivity index (χ1) is 16.1. The number of hydrogen-bond donors (Lipinski definition) is 2. The van der Waals surface area contributed by atoms with Crippen LogP contribution in [0.3, 0.4) is 0 Å². The van der Waals surface area contributed by atoms with E-state index in [0.29, 0.717) is 19.8 Å². The monoisotopic (exact) mass is 449 g/mol. The Morgan fingerprint density at radius 2 is 1.73 bits per heavy atom. The minimum Gasteiger partial charge on any atom is -0.490 e. The topological polar surface area (TPSA) is 72.7 Å². The summed E-state index contributed by atoms with van der Waals surface area (Å²) >= 11 is 0. The number of ether oxygens (including phenoxy) is 2. The summed E-state index contributed by atoms with van der Waals surface area (Å²) in [5.41, 5.74) is 3.50. The molecule has 0 fully saturated rings. The Morgan fingerprint density at radius 1 is 1.00 bits per heavy atom. The van der Waals surface area contributed by atoms with Gasteiger partial charge < -0.3 is 24.7 Å². The molecular weight excluding hydrogens is 414 g/mol. The van der Waals surface area contributed by atoms with Gasteiger partial charge in [0.1, 0.15) is 0 Å². The average molecular weight is 450 g/mol. The minimum absolute atomic E-state index is 0.0511. The number of rotatable bonds is 11. The number of benzene rings is 2. The van der Waals surface area contributed by atoms with E-state index < -0.39 is 0 Å². The van der Waals surface area contributed by atoms with Crippen molar-refractivity contribution in [3.05, 3.63) is 77.9 Å². The van der Waals surface area contributed by atoms with Gasteiger partial charge in [0.25, 0.3) is 0 Å². The summed E-state index contributed by atoms with van der Waals surface area (Å²) in [6.07, 6.45) is 5.59. The smallest absolute Gasteiger partial charge is 0.192 e. The maximum absolute atomic E-state index is 5.78. The quantitative estimate of drug-likeness (QED) is 0.332. The molecule has 2 aromatic carbocycles. The van der Waals surface area contributed by atoms with Gasteiger partial charge in [-0.05, 0) is 56.5 Å². The predicted molar refractivity (Wildman–Crippen MR) is 133 cm³/mol. The second-order valence-corrected chi connectivity index (χ2v) is 7.68. The molecule has 33 heavy (non-hydrogen) atoms. The molecule has 0 bridgehead atoms. The first-order valence-electron chi connectivity index (χ1n) is 11.6. The minimum atomic E-state index is 0.0511.